The van der Waals surface area contributed by atoms with Gasteiger partial charge in [-0.25, -0.2) is 0 Å². The highest BCUT2D eigenvalue weighted by Crippen LogP contribution is 2.37. The maximum atomic E-state index is 12.0. The summed E-state index contributed by atoms with van der Waals surface area (Å²) in [4.78, 5) is 13.4. The second-order valence-electron chi connectivity index (χ2n) is 4.15. The maximum absolute atomic E-state index is 12.0. The zero-order chi connectivity index (χ0) is 12.2. The van der Waals surface area contributed by atoms with Crippen LogP contribution in [-0.2, 0) is 0 Å². The van der Waals surface area contributed by atoms with Crippen molar-refractivity contribution in [3.8, 4) is 0 Å². The second-order valence-corrected chi connectivity index (χ2v) is 4.56. The average molecular weight is 248 g/mol. The third-order valence-electron chi connectivity index (χ3n) is 3.22. The smallest absolute Gasteiger partial charge is 0.256 e. The van der Waals surface area contributed by atoms with Crippen molar-refractivity contribution in [2.75, 3.05) is 7.05 Å². The number of nitrogens with zero attached hydrogens (tertiary/aromatic N) is 1. The Morgan fingerprint density at radius 2 is 2.06 bits per heavy atom. The lowest BCUT2D eigenvalue weighted by Crippen LogP contribution is -2.34. The lowest BCUT2D eigenvalue weighted by Gasteiger charge is -2.30. The van der Waals surface area contributed by atoms with E-state index in [0.29, 0.717) is 10.6 Å². The van der Waals surface area contributed by atoms with E-state index in [4.69, 9.17) is 11.6 Å². The highest BCUT2D eigenvalue weighted by molar-refractivity contribution is 6.36. The van der Waals surface area contributed by atoms with Crippen LogP contribution in [0, 0.1) is 0 Å². The number of aliphatic hydroxyl groups is 1. The van der Waals surface area contributed by atoms with Crippen molar-refractivity contribution >= 4 is 28.3 Å². The topological polar surface area (TPSA) is 40.5 Å². The SMILES string of the molecule is CN1C(=O)c2cccc3c(Cl)ccc(c23)C1O. The van der Waals surface area contributed by atoms with Gasteiger partial charge < -0.3 is 10.0 Å². The Balaban J connectivity index is 2.50. The van der Waals surface area contributed by atoms with E-state index in [9.17, 15) is 9.90 Å². The van der Waals surface area contributed by atoms with Gasteiger partial charge in [0.2, 0.25) is 0 Å². The van der Waals surface area contributed by atoms with Crippen molar-refractivity contribution in [3.63, 3.8) is 0 Å². The fraction of sp³-hybridized carbons (Fsp3) is 0.154. The fourth-order valence-corrected chi connectivity index (χ4v) is 2.52. The quantitative estimate of drug-likeness (QED) is 0.777. The maximum Gasteiger partial charge on any atom is 0.256 e. The normalized spacial score (nSPS) is 18.9. The largest absolute Gasteiger partial charge is 0.369 e. The van der Waals surface area contributed by atoms with E-state index in [2.05, 4.69) is 0 Å². The first-order valence-electron chi connectivity index (χ1n) is 5.27. The first kappa shape index (κ1) is 10.6. The summed E-state index contributed by atoms with van der Waals surface area (Å²) in [6.45, 7) is 0. The van der Waals surface area contributed by atoms with E-state index in [1.165, 1.54) is 4.90 Å². The van der Waals surface area contributed by atoms with E-state index < -0.39 is 6.23 Å². The highest BCUT2D eigenvalue weighted by atomic mass is 35.5. The standard InChI is InChI=1S/C13H10ClNO2/c1-15-12(16)8-4-2-3-7-10(14)6-5-9(11(7)8)13(15)17/h2-6,13,17H,1H3. The van der Waals surface area contributed by atoms with Gasteiger partial charge in [0, 0.05) is 34.0 Å². The van der Waals surface area contributed by atoms with Crippen molar-refractivity contribution in [3.05, 3.63) is 46.5 Å². The summed E-state index contributed by atoms with van der Waals surface area (Å²) in [6, 6.07) is 8.93. The highest BCUT2D eigenvalue weighted by Gasteiger charge is 2.30. The summed E-state index contributed by atoms with van der Waals surface area (Å²) >= 11 is 6.11. The summed E-state index contributed by atoms with van der Waals surface area (Å²) in [7, 11) is 1.59. The van der Waals surface area contributed by atoms with Gasteiger partial charge in [-0.2, -0.15) is 0 Å². The van der Waals surface area contributed by atoms with Crippen LogP contribution in [-0.4, -0.2) is 23.0 Å². The van der Waals surface area contributed by atoms with Gasteiger partial charge in [0.05, 0.1) is 0 Å². The van der Waals surface area contributed by atoms with Crippen LogP contribution in [0.4, 0.5) is 0 Å². The number of amides is 1. The molecule has 1 atom stereocenters. The summed E-state index contributed by atoms with van der Waals surface area (Å²) in [5, 5.41) is 12.2. The molecule has 1 amide bonds. The Labute approximate surface area is 103 Å². The zero-order valence-electron chi connectivity index (χ0n) is 9.14. The molecule has 17 heavy (non-hydrogen) atoms. The minimum Gasteiger partial charge on any atom is -0.369 e. The van der Waals surface area contributed by atoms with E-state index in [1.807, 2.05) is 6.07 Å². The molecule has 1 aliphatic rings. The van der Waals surface area contributed by atoms with Crippen molar-refractivity contribution in [2.45, 2.75) is 6.23 Å². The third kappa shape index (κ3) is 1.30. The minimum atomic E-state index is -0.905. The van der Waals surface area contributed by atoms with Crippen molar-refractivity contribution < 1.29 is 9.90 Å². The number of rotatable bonds is 0. The number of hydrogen-bond donors (Lipinski definition) is 1. The van der Waals surface area contributed by atoms with Crippen molar-refractivity contribution in [1.82, 2.24) is 4.90 Å². The first-order chi connectivity index (χ1) is 8.11. The van der Waals surface area contributed by atoms with Crippen LogP contribution in [0.5, 0.6) is 0 Å². The van der Waals surface area contributed by atoms with Gasteiger partial charge in [0.15, 0.2) is 6.23 Å². The minimum absolute atomic E-state index is 0.183. The van der Waals surface area contributed by atoms with Gasteiger partial charge >= 0.3 is 0 Å². The van der Waals surface area contributed by atoms with E-state index in [-0.39, 0.29) is 5.91 Å². The fourth-order valence-electron chi connectivity index (χ4n) is 2.30. The van der Waals surface area contributed by atoms with Gasteiger partial charge in [0.25, 0.3) is 5.91 Å². The predicted molar refractivity (Wildman–Crippen MR) is 66.0 cm³/mol. The molecule has 1 N–H and O–H groups in total. The van der Waals surface area contributed by atoms with Crippen molar-refractivity contribution in [2.24, 2.45) is 0 Å². The molecule has 1 aliphatic heterocycles. The molecule has 86 valence electrons. The monoisotopic (exact) mass is 247 g/mol. The lowest BCUT2D eigenvalue weighted by molar-refractivity contribution is 0.0174. The second kappa shape index (κ2) is 3.45. The molecule has 0 saturated carbocycles. The van der Waals surface area contributed by atoms with Crippen LogP contribution < -0.4 is 0 Å². The molecule has 0 aliphatic carbocycles. The number of hydrogen-bond acceptors (Lipinski definition) is 2. The summed E-state index contributed by atoms with van der Waals surface area (Å²) in [5.41, 5.74) is 1.31. The van der Waals surface area contributed by atoms with E-state index in [0.717, 1.165) is 16.3 Å². The van der Waals surface area contributed by atoms with Crippen LogP contribution in [0.2, 0.25) is 5.02 Å². The van der Waals surface area contributed by atoms with Gasteiger partial charge in [-0.15, -0.1) is 0 Å². The van der Waals surface area contributed by atoms with Gasteiger partial charge in [-0.05, 0) is 12.1 Å². The molecule has 2 aromatic carbocycles. The first-order valence-corrected chi connectivity index (χ1v) is 5.65. The predicted octanol–water partition coefficient (Wildman–Crippen LogP) is 2.57. The average Bonchev–Trinajstić information content (AvgIpc) is 2.35. The Morgan fingerprint density at radius 3 is 2.82 bits per heavy atom. The zero-order valence-corrected chi connectivity index (χ0v) is 9.90. The van der Waals surface area contributed by atoms with Crippen LogP contribution >= 0.6 is 11.6 Å². The number of carbonyl (C=O) groups excluding carboxylic acids is 1. The molecule has 0 spiro atoms. The molecule has 4 heteroatoms. The molecule has 0 saturated heterocycles. The molecule has 0 fully saturated rings. The molecule has 1 heterocycles. The summed E-state index contributed by atoms with van der Waals surface area (Å²) in [6.07, 6.45) is -0.905. The van der Waals surface area contributed by atoms with Crippen molar-refractivity contribution in [1.29, 1.82) is 0 Å². The van der Waals surface area contributed by atoms with Crippen LogP contribution in [0.15, 0.2) is 30.3 Å². The Kier molecular flexibility index (Phi) is 2.15. The molecular weight excluding hydrogens is 238 g/mol. The molecule has 2 aromatic rings. The Bertz CT molecular complexity index is 639. The van der Waals surface area contributed by atoms with Crippen LogP contribution in [0.25, 0.3) is 10.8 Å². The molecule has 1 unspecified atom stereocenters. The molecule has 0 bridgehead atoms. The Hall–Kier alpha value is -1.58. The lowest BCUT2D eigenvalue weighted by atomic mass is 9.94. The van der Waals surface area contributed by atoms with E-state index in [1.54, 1.807) is 31.3 Å². The van der Waals surface area contributed by atoms with Crippen LogP contribution in [0.3, 0.4) is 0 Å². The summed E-state index contributed by atoms with van der Waals surface area (Å²) in [5.74, 6) is -0.183. The van der Waals surface area contributed by atoms with E-state index >= 15 is 0 Å². The Morgan fingerprint density at radius 1 is 1.29 bits per heavy atom. The number of carbonyl (C=O) groups is 1. The van der Waals surface area contributed by atoms with Gasteiger partial charge in [-0.3, -0.25) is 4.79 Å². The van der Waals surface area contributed by atoms with Gasteiger partial charge in [-0.1, -0.05) is 29.8 Å². The third-order valence-corrected chi connectivity index (χ3v) is 3.55. The van der Waals surface area contributed by atoms with Crippen LogP contribution in [0.1, 0.15) is 22.1 Å². The molecular formula is C13H10ClNO2. The molecule has 0 radical (unpaired) electrons. The number of halogens is 1. The molecule has 3 rings (SSSR count). The summed E-state index contributed by atoms with van der Waals surface area (Å²) < 4.78 is 0. The van der Waals surface area contributed by atoms with Gasteiger partial charge in [0.1, 0.15) is 0 Å². The molecule has 3 nitrogen and oxygen atoms in total. The molecule has 0 aromatic heterocycles. The number of aliphatic hydroxyl groups excluding tert-OH is 1. The number of benzene rings is 2.